The number of carbonyl (C=O) groups is 2. The molecule has 1 atom stereocenters. The van der Waals surface area contributed by atoms with E-state index in [0.717, 1.165) is 0 Å². The van der Waals surface area contributed by atoms with Gasteiger partial charge in [0.2, 0.25) is 5.13 Å². The number of methoxy groups -OCH3 is 4. The van der Waals surface area contributed by atoms with Crippen molar-refractivity contribution in [3.8, 4) is 11.5 Å². The SMILES string of the molecule is COC(=O)C(C(=O)OC)C(Nc1nncs1)c1cccc(OC)c1OC. The predicted molar refractivity (Wildman–Crippen MR) is 93.3 cm³/mol. The lowest BCUT2D eigenvalue weighted by atomic mass is 9.92. The van der Waals surface area contributed by atoms with Crippen LogP contribution in [0.5, 0.6) is 11.5 Å². The minimum atomic E-state index is -1.30. The minimum absolute atomic E-state index is 0.370. The van der Waals surface area contributed by atoms with E-state index >= 15 is 0 Å². The molecule has 0 aliphatic carbocycles. The lowest BCUT2D eigenvalue weighted by Crippen LogP contribution is -2.36. The normalized spacial score (nSPS) is 11.6. The number of ether oxygens (including phenoxy) is 4. The van der Waals surface area contributed by atoms with Gasteiger partial charge in [0.15, 0.2) is 17.4 Å². The highest BCUT2D eigenvalue weighted by molar-refractivity contribution is 7.13. The van der Waals surface area contributed by atoms with E-state index in [9.17, 15) is 9.59 Å². The van der Waals surface area contributed by atoms with Crippen LogP contribution in [-0.4, -0.2) is 50.6 Å². The number of anilines is 1. The summed E-state index contributed by atoms with van der Waals surface area (Å²) in [6.45, 7) is 0. The van der Waals surface area contributed by atoms with E-state index in [-0.39, 0.29) is 0 Å². The van der Waals surface area contributed by atoms with Crippen molar-refractivity contribution >= 4 is 28.4 Å². The molecular formula is C16H19N3O6S. The summed E-state index contributed by atoms with van der Waals surface area (Å²) in [5, 5.41) is 11.1. The smallest absolute Gasteiger partial charge is 0.322 e. The van der Waals surface area contributed by atoms with Crippen molar-refractivity contribution in [1.82, 2.24) is 10.2 Å². The average Bonchev–Trinajstić information content (AvgIpc) is 3.19. The average molecular weight is 381 g/mol. The molecule has 2 aromatic rings. The van der Waals surface area contributed by atoms with Gasteiger partial charge in [-0.15, -0.1) is 10.2 Å². The molecule has 0 radical (unpaired) electrons. The molecular weight excluding hydrogens is 362 g/mol. The van der Waals surface area contributed by atoms with Crippen LogP contribution in [-0.2, 0) is 19.1 Å². The molecule has 1 aromatic carbocycles. The molecule has 9 nitrogen and oxygen atoms in total. The van der Waals surface area contributed by atoms with Crippen LogP contribution in [0.15, 0.2) is 23.7 Å². The second-order valence-electron chi connectivity index (χ2n) is 4.97. The number of carbonyl (C=O) groups excluding carboxylic acids is 2. The number of esters is 2. The van der Waals surface area contributed by atoms with Crippen molar-refractivity contribution in [3.05, 3.63) is 29.3 Å². The van der Waals surface area contributed by atoms with Gasteiger partial charge >= 0.3 is 11.9 Å². The van der Waals surface area contributed by atoms with E-state index in [0.29, 0.717) is 22.2 Å². The fraction of sp³-hybridized carbons (Fsp3) is 0.375. The van der Waals surface area contributed by atoms with Crippen LogP contribution in [0, 0.1) is 5.92 Å². The van der Waals surface area contributed by atoms with Gasteiger partial charge in [0.1, 0.15) is 5.51 Å². The third kappa shape index (κ3) is 4.02. The Kier molecular flexibility index (Phi) is 6.73. The van der Waals surface area contributed by atoms with Gasteiger partial charge in [-0.25, -0.2) is 0 Å². The molecule has 0 aliphatic rings. The zero-order chi connectivity index (χ0) is 19.1. The molecule has 0 spiro atoms. The Hall–Kier alpha value is -2.88. The van der Waals surface area contributed by atoms with Crippen molar-refractivity contribution in [2.75, 3.05) is 33.8 Å². The van der Waals surface area contributed by atoms with E-state index in [1.54, 1.807) is 18.2 Å². The summed E-state index contributed by atoms with van der Waals surface area (Å²) in [4.78, 5) is 24.7. The maximum atomic E-state index is 12.3. The molecule has 0 saturated heterocycles. The Morgan fingerprint density at radius 1 is 1.08 bits per heavy atom. The summed E-state index contributed by atoms with van der Waals surface area (Å²) in [7, 11) is 5.35. The number of benzene rings is 1. The summed E-state index contributed by atoms with van der Waals surface area (Å²) in [6.07, 6.45) is 0. The van der Waals surface area contributed by atoms with E-state index in [1.165, 1.54) is 45.3 Å². The molecule has 1 heterocycles. The van der Waals surface area contributed by atoms with Crippen LogP contribution in [0.2, 0.25) is 0 Å². The van der Waals surface area contributed by atoms with Gasteiger partial charge in [-0.3, -0.25) is 9.59 Å². The van der Waals surface area contributed by atoms with Crippen LogP contribution in [0.3, 0.4) is 0 Å². The third-order valence-corrected chi connectivity index (χ3v) is 4.27. The molecule has 2 rings (SSSR count). The van der Waals surface area contributed by atoms with Gasteiger partial charge in [-0.05, 0) is 6.07 Å². The van der Waals surface area contributed by atoms with Crippen LogP contribution in [0.25, 0.3) is 0 Å². The van der Waals surface area contributed by atoms with E-state index < -0.39 is 23.9 Å². The maximum Gasteiger partial charge on any atom is 0.322 e. The van der Waals surface area contributed by atoms with Gasteiger partial charge in [0.25, 0.3) is 0 Å². The number of nitrogens with one attached hydrogen (secondary N) is 1. The quantitative estimate of drug-likeness (QED) is 0.539. The predicted octanol–water partition coefficient (Wildman–Crippen LogP) is 1.67. The lowest BCUT2D eigenvalue weighted by molar-refractivity contribution is -0.159. The fourth-order valence-electron chi connectivity index (χ4n) is 2.49. The first-order chi connectivity index (χ1) is 12.6. The second kappa shape index (κ2) is 8.99. The molecule has 26 heavy (non-hydrogen) atoms. The zero-order valence-corrected chi connectivity index (χ0v) is 15.5. The standard InChI is InChI=1S/C16H19N3O6S/c1-22-10-7-5-6-9(13(10)23-2)12(18-16-19-17-8-26-16)11(14(20)24-3)15(21)25-4/h5-8,11-12H,1-4H3,(H,18,19). The molecule has 0 fully saturated rings. The molecule has 1 aromatic heterocycles. The largest absolute Gasteiger partial charge is 0.493 e. The lowest BCUT2D eigenvalue weighted by Gasteiger charge is -2.26. The Balaban J connectivity index is 2.60. The van der Waals surface area contributed by atoms with Gasteiger partial charge in [-0.1, -0.05) is 23.5 Å². The number of hydrogen-bond donors (Lipinski definition) is 1. The summed E-state index contributed by atoms with van der Waals surface area (Å²) in [6, 6.07) is 4.25. The van der Waals surface area contributed by atoms with Gasteiger partial charge in [0.05, 0.1) is 34.5 Å². The molecule has 140 valence electrons. The molecule has 0 aliphatic heterocycles. The Labute approximate surface area is 154 Å². The second-order valence-corrected chi connectivity index (χ2v) is 5.81. The highest BCUT2D eigenvalue weighted by Crippen LogP contribution is 2.39. The summed E-state index contributed by atoms with van der Waals surface area (Å²) < 4.78 is 20.4. The van der Waals surface area contributed by atoms with Crippen LogP contribution < -0.4 is 14.8 Å². The number of aromatic nitrogens is 2. The van der Waals surface area contributed by atoms with Crippen molar-refractivity contribution in [2.24, 2.45) is 5.92 Å². The van der Waals surface area contributed by atoms with Gasteiger partial charge in [-0.2, -0.15) is 0 Å². The Bertz CT molecular complexity index is 736. The van der Waals surface area contributed by atoms with E-state index in [2.05, 4.69) is 15.5 Å². The topological polar surface area (TPSA) is 109 Å². The number of rotatable bonds is 8. The van der Waals surface area contributed by atoms with E-state index in [4.69, 9.17) is 18.9 Å². The summed E-state index contributed by atoms with van der Waals surface area (Å²) in [5.74, 6) is -2.00. The first kappa shape index (κ1) is 19.4. The van der Waals surface area contributed by atoms with E-state index in [1.807, 2.05) is 0 Å². The molecule has 1 unspecified atom stereocenters. The number of hydrogen-bond acceptors (Lipinski definition) is 10. The van der Waals surface area contributed by atoms with Gasteiger partial charge in [0, 0.05) is 5.56 Å². The Morgan fingerprint density at radius 2 is 1.77 bits per heavy atom. The first-order valence-electron chi connectivity index (χ1n) is 7.46. The van der Waals surface area contributed by atoms with Crippen LogP contribution in [0.1, 0.15) is 11.6 Å². The molecule has 0 bridgehead atoms. The van der Waals surface area contributed by atoms with Crippen LogP contribution >= 0.6 is 11.3 Å². The molecule has 1 N–H and O–H groups in total. The van der Waals surface area contributed by atoms with Crippen LogP contribution in [0.4, 0.5) is 5.13 Å². The van der Waals surface area contributed by atoms with Gasteiger partial charge < -0.3 is 24.3 Å². The summed E-state index contributed by atoms with van der Waals surface area (Å²) in [5.41, 5.74) is 2.02. The molecule has 10 heteroatoms. The van der Waals surface area contributed by atoms with Crippen molar-refractivity contribution in [1.29, 1.82) is 0 Å². The maximum absolute atomic E-state index is 12.3. The monoisotopic (exact) mass is 381 g/mol. The summed E-state index contributed by atoms with van der Waals surface area (Å²) >= 11 is 1.22. The third-order valence-electron chi connectivity index (χ3n) is 3.65. The van der Waals surface area contributed by atoms with Crippen molar-refractivity contribution < 1.29 is 28.5 Å². The highest BCUT2D eigenvalue weighted by Gasteiger charge is 2.40. The molecule has 0 saturated carbocycles. The zero-order valence-electron chi connectivity index (χ0n) is 14.7. The van der Waals surface area contributed by atoms with Crippen molar-refractivity contribution in [2.45, 2.75) is 6.04 Å². The minimum Gasteiger partial charge on any atom is -0.493 e. The number of para-hydroxylation sites is 1. The first-order valence-corrected chi connectivity index (χ1v) is 8.34. The number of nitrogens with zero attached hydrogens (tertiary/aromatic N) is 2. The highest BCUT2D eigenvalue weighted by atomic mass is 32.1. The fourth-order valence-corrected chi connectivity index (χ4v) is 2.97. The van der Waals surface area contributed by atoms with Crippen molar-refractivity contribution in [3.63, 3.8) is 0 Å². The molecule has 0 amide bonds. The Morgan fingerprint density at radius 3 is 2.27 bits per heavy atom.